The van der Waals surface area contributed by atoms with Gasteiger partial charge in [-0.2, -0.15) is 6.07 Å². The maximum Gasteiger partial charge on any atom is 2.00 e. The van der Waals surface area contributed by atoms with Crippen LogP contribution in [0.1, 0.15) is 93.1 Å². The molecule has 0 spiro atoms. The molecule has 0 saturated heterocycles. The minimum Gasteiger partial charge on any atom is -0.526 e. The molecule has 0 bridgehead atoms. The van der Waals surface area contributed by atoms with Gasteiger partial charge in [-0.15, -0.1) is 35.4 Å². The second-order valence-electron chi connectivity index (χ2n) is 15.5. The number of aromatic nitrogens is 3. The van der Waals surface area contributed by atoms with Gasteiger partial charge in [-0.25, -0.2) is 9.97 Å². The zero-order valence-corrected chi connectivity index (χ0v) is 32.3. The molecule has 0 amide bonds. The van der Waals surface area contributed by atoms with Crippen LogP contribution in [-0.4, -0.2) is 26.5 Å². The Balaban J connectivity index is 0.00000392. The first kappa shape index (κ1) is 34.1. The van der Waals surface area contributed by atoms with Gasteiger partial charge in [0.15, 0.2) is 5.88 Å². The fraction of sp³-hybridized carbons (Fsp3) is 0.333. The molecule has 256 valence electrons. The molecule has 2 aromatic carbocycles. The maximum absolute atomic E-state index is 6.65. The Hall–Kier alpha value is -4.35. The van der Waals surface area contributed by atoms with Crippen LogP contribution in [0.15, 0.2) is 78.2 Å². The second-order valence-corrected chi connectivity index (χ2v) is 15.5. The van der Waals surface area contributed by atoms with Crippen LogP contribution in [0.25, 0.3) is 0 Å². The summed E-state index contributed by atoms with van der Waals surface area (Å²) in [5, 5.41) is 0. The van der Waals surface area contributed by atoms with Gasteiger partial charge in [0, 0.05) is 30.3 Å². The van der Waals surface area contributed by atoms with E-state index in [1.165, 1.54) is 27.8 Å². The summed E-state index contributed by atoms with van der Waals surface area (Å²) in [4.78, 5) is 21.6. The van der Waals surface area contributed by atoms with Gasteiger partial charge >= 0.3 is 21.1 Å². The van der Waals surface area contributed by atoms with Gasteiger partial charge in [0.1, 0.15) is 22.9 Å². The number of aryl methyl sites for hydroxylation is 1. The summed E-state index contributed by atoms with van der Waals surface area (Å²) in [6.45, 7) is 19.7. The average Bonchev–Trinajstić information content (AvgIpc) is 3.45. The third kappa shape index (κ3) is 5.11. The SMILES string of the molecule is Cc1cnc2c(c1C)C[C@]1(C)OC(c3[c-]c(Oc4[c-]c5c(cc4)C(C)(C)c4ccccc4N5c4cc(C(C)(C)C)ccn4)ncc3)=N[C@]21C.[Pt+2]. The van der Waals surface area contributed by atoms with Crippen molar-refractivity contribution in [2.75, 3.05) is 4.90 Å². The van der Waals surface area contributed by atoms with Crippen molar-refractivity contribution in [3.8, 4) is 11.6 Å². The van der Waals surface area contributed by atoms with Gasteiger partial charge in [0.2, 0.25) is 0 Å². The van der Waals surface area contributed by atoms with Gasteiger partial charge in [-0.1, -0.05) is 58.5 Å². The molecule has 5 aromatic rings. The van der Waals surface area contributed by atoms with Gasteiger partial charge in [0.05, 0.1) is 5.69 Å². The fourth-order valence-electron chi connectivity index (χ4n) is 7.57. The summed E-state index contributed by atoms with van der Waals surface area (Å²) in [5.41, 5.74) is 9.43. The molecule has 8 rings (SSSR count). The molecule has 2 atom stereocenters. The van der Waals surface area contributed by atoms with Crippen LogP contribution in [0.4, 0.5) is 17.2 Å². The van der Waals surface area contributed by atoms with E-state index >= 15 is 0 Å². The Morgan fingerprint density at radius 2 is 1.64 bits per heavy atom. The Labute approximate surface area is 309 Å². The van der Waals surface area contributed by atoms with Crippen LogP contribution in [0.2, 0.25) is 0 Å². The Morgan fingerprint density at radius 1 is 0.880 bits per heavy atom. The number of pyridine rings is 3. The summed E-state index contributed by atoms with van der Waals surface area (Å²) >= 11 is 0. The molecule has 7 nitrogen and oxygen atoms in total. The van der Waals surface area contributed by atoms with E-state index in [1.54, 1.807) is 6.20 Å². The van der Waals surface area contributed by atoms with E-state index in [1.807, 2.05) is 24.5 Å². The molecule has 0 unspecified atom stereocenters. The molecular formula is C42H41N5O2Pt. The monoisotopic (exact) mass is 842 g/mol. The number of aliphatic imine (C=N–C) groups is 1. The van der Waals surface area contributed by atoms with Crippen LogP contribution in [-0.2, 0) is 48.6 Å². The Bertz CT molecular complexity index is 2210. The van der Waals surface area contributed by atoms with Crippen LogP contribution in [0.3, 0.4) is 0 Å². The van der Waals surface area contributed by atoms with Crippen molar-refractivity contribution < 1.29 is 30.5 Å². The van der Waals surface area contributed by atoms with Gasteiger partial charge in [0.25, 0.3) is 0 Å². The first-order chi connectivity index (χ1) is 23.2. The molecule has 0 saturated carbocycles. The number of benzene rings is 2. The van der Waals surface area contributed by atoms with E-state index in [2.05, 4.69) is 127 Å². The van der Waals surface area contributed by atoms with E-state index in [0.29, 0.717) is 23.1 Å². The van der Waals surface area contributed by atoms with Crippen molar-refractivity contribution in [1.29, 1.82) is 0 Å². The first-order valence-corrected chi connectivity index (χ1v) is 16.9. The molecule has 3 aromatic heterocycles. The zero-order valence-electron chi connectivity index (χ0n) is 30.0. The van der Waals surface area contributed by atoms with Crippen molar-refractivity contribution in [1.82, 2.24) is 15.0 Å². The molecule has 3 aliphatic rings. The fourth-order valence-corrected chi connectivity index (χ4v) is 7.57. The van der Waals surface area contributed by atoms with Crippen molar-refractivity contribution in [2.24, 2.45) is 4.99 Å². The molecular weight excluding hydrogens is 802 g/mol. The number of ether oxygens (including phenoxy) is 2. The second kappa shape index (κ2) is 11.6. The molecule has 0 N–H and O–H groups in total. The summed E-state index contributed by atoms with van der Waals surface area (Å²) < 4.78 is 13.0. The van der Waals surface area contributed by atoms with E-state index in [-0.39, 0.29) is 31.9 Å². The Kier molecular flexibility index (Phi) is 7.91. The topological polar surface area (TPSA) is 72.7 Å². The normalized spacial score (nSPS) is 21.2. The zero-order chi connectivity index (χ0) is 34.5. The quantitative estimate of drug-likeness (QED) is 0.168. The molecule has 50 heavy (non-hydrogen) atoms. The van der Waals surface area contributed by atoms with Crippen LogP contribution < -0.4 is 9.64 Å². The molecule has 2 aliphatic heterocycles. The number of hydrogen-bond acceptors (Lipinski definition) is 7. The van der Waals surface area contributed by atoms with Gasteiger partial charge in [-0.3, -0.25) is 9.98 Å². The average molecular weight is 843 g/mol. The summed E-state index contributed by atoms with van der Waals surface area (Å²) in [6.07, 6.45) is 6.28. The maximum atomic E-state index is 6.65. The number of nitrogens with zero attached hydrogens (tertiary/aromatic N) is 5. The van der Waals surface area contributed by atoms with E-state index in [4.69, 9.17) is 24.4 Å². The molecule has 0 radical (unpaired) electrons. The van der Waals surface area contributed by atoms with Crippen LogP contribution >= 0.6 is 0 Å². The van der Waals surface area contributed by atoms with Crippen molar-refractivity contribution in [3.63, 3.8) is 0 Å². The summed E-state index contributed by atoms with van der Waals surface area (Å²) in [5.74, 6) is 2.20. The molecule has 5 heterocycles. The molecule has 0 fully saturated rings. The summed E-state index contributed by atoms with van der Waals surface area (Å²) in [7, 11) is 0. The first-order valence-electron chi connectivity index (χ1n) is 16.9. The largest absolute Gasteiger partial charge is 2.00 e. The number of hydrogen-bond donors (Lipinski definition) is 0. The third-order valence-corrected chi connectivity index (χ3v) is 10.9. The predicted octanol–water partition coefficient (Wildman–Crippen LogP) is 9.29. The van der Waals surface area contributed by atoms with E-state index in [9.17, 15) is 0 Å². The van der Waals surface area contributed by atoms with Crippen LogP contribution in [0, 0.1) is 26.0 Å². The van der Waals surface area contributed by atoms with Crippen molar-refractivity contribution in [3.05, 3.63) is 130 Å². The number of rotatable bonds is 4. The summed E-state index contributed by atoms with van der Waals surface area (Å²) in [6, 6.07) is 25.7. The number of para-hydroxylation sites is 1. The van der Waals surface area contributed by atoms with Crippen LogP contribution in [0.5, 0.6) is 11.6 Å². The minimum absolute atomic E-state index is 0. The van der Waals surface area contributed by atoms with Crippen molar-refractivity contribution in [2.45, 2.75) is 90.7 Å². The Morgan fingerprint density at radius 3 is 2.42 bits per heavy atom. The molecule has 8 heteroatoms. The smallest absolute Gasteiger partial charge is 0.526 e. The van der Waals surface area contributed by atoms with Gasteiger partial charge < -0.3 is 14.4 Å². The third-order valence-electron chi connectivity index (χ3n) is 10.9. The number of anilines is 3. The number of fused-ring (bicyclic) bond motifs is 5. The standard InChI is InChI=1S/C42H41N5O2.Pt/c1-25-24-45-37-30(26(25)2)23-41(8)42(37,9)46-38(49-41)27-16-18-44-36(20-27)48-29-14-15-32-34(22-29)47(33-13-11-10-12-31(33)40(32,6)7)35-21-28(17-19-43-35)39(3,4)5;/h10-19,21,24H,23H2,1-9H3;/q-2;+2/t41-,42+;/m0./s1. The molecule has 1 aliphatic carbocycles. The predicted molar refractivity (Wildman–Crippen MR) is 193 cm³/mol. The van der Waals surface area contributed by atoms with E-state index < -0.39 is 11.1 Å². The van der Waals surface area contributed by atoms with E-state index in [0.717, 1.165) is 34.9 Å². The minimum atomic E-state index is -0.606. The van der Waals surface area contributed by atoms with Gasteiger partial charge in [-0.05, 0) is 90.7 Å². The van der Waals surface area contributed by atoms with Crippen molar-refractivity contribution >= 4 is 23.1 Å².